The molecule has 0 radical (unpaired) electrons. The van der Waals surface area contributed by atoms with Crippen LogP contribution in [0, 0.1) is 0 Å². The summed E-state index contributed by atoms with van der Waals surface area (Å²) in [5, 5.41) is 4.50. The third-order valence-corrected chi connectivity index (χ3v) is 6.01. The quantitative estimate of drug-likeness (QED) is 0.818. The van der Waals surface area contributed by atoms with E-state index in [1.54, 1.807) is 0 Å². The van der Waals surface area contributed by atoms with E-state index in [-0.39, 0.29) is 0 Å². The molecule has 0 spiro atoms. The summed E-state index contributed by atoms with van der Waals surface area (Å²) in [5.41, 5.74) is 2.61. The zero-order chi connectivity index (χ0) is 14.7. The highest BCUT2D eigenvalue weighted by Crippen LogP contribution is 2.38. The lowest BCUT2D eigenvalue weighted by atomic mass is 9.91. The summed E-state index contributed by atoms with van der Waals surface area (Å²) >= 11 is 3.78. The summed E-state index contributed by atoms with van der Waals surface area (Å²) in [7, 11) is 2.03. The Balaban J connectivity index is 1.86. The highest BCUT2D eigenvalue weighted by molar-refractivity contribution is 7.99. The van der Waals surface area contributed by atoms with Crippen molar-refractivity contribution in [2.24, 2.45) is 0 Å². The summed E-state index contributed by atoms with van der Waals surface area (Å²) < 4.78 is 0. The third-order valence-electron chi connectivity index (χ3n) is 3.93. The van der Waals surface area contributed by atoms with Crippen LogP contribution < -0.4 is 5.32 Å². The number of hydrogen-bond donors (Lipinski definition) is 1. The Bertz CT molecular complexity index is 589. The van der Waals surface area contributed by atoms with Gasteiger partial charge in [0.05, 0.1) is 5.69 Å². The van der Waals surface area contributed by atoms with Crippen LogP contribution in [0.1, 0.15) is 36.3 Å². The molecule has 1 atom stereocenters. The molecule has 0 fully saturated rings. The van der Waals surface area contributed by atoms with Crippen LogP contribution in [0.5, 0.6) is 0 Å². The van der Waals surface area contributed by atoms with Gasteiger partial charge in [-0.3, -0.25) is 0 Å². The molecule has 0 aliphatic heterocycles. The molecule has 0 bridgehead atoms. The molecule has 1 aliphatic carbocycles. The minimum absolute atomic E-state index is 0.596. The zero-order valence-electron chi connectivity index (χ0n) is 12.7. The van der Waals surface area contributed by atoms with Crippen LogP contribution in [-0.4, -0.2) is 24.3 Å². The number of thioether (sulfide) groups is 1. The molecule has 2 aromatic rings. The topological polar surface area (TPSA) is 24.9 Å². The Morgan fingerprint density at radius 1 is 1.33 bits per heavy atom. The van der Waals surface area contributed by atoms with Crippen LogP contribution in [0.3, 0.4) is 0 Å². The molecule has 0 saturated carbocycles. The number of nitrogens with one attached hydrogen (secondary N) is 1. The van der Waals surface area contributed by atoms with E-state index in [1.807, 2.05) is 30.1 Å². The maximum absolute atomic E-state index is 4.97. The molecule has 1 aliphatic rings. The number of aromatic nitrogens is 1. The van der Waals surface area contributed by atoms with Gasteiger partial charge in [-0.15, -0.1) is 23.1 Å². The monoisotopic (exact) mass is 318 g/mol. The Hall–Kier alpha value is -0.840. The molecular weight excluding hydrogens is 296 g/mol. The van der Waals surface area contributed by atoms with Crippen LogP contribution in [-0.2, 0) is 6.42 Å². The molecule has 2 nitrogen and oxygen atoms in total. The van der Waals surface area contributed by atoms with Crippen LogP contribution >= 0.6 is 23.1 Å². The Morgan fingerprint density at radius 3 is 2.86 bits per heavy atom. The number of fused-ring (bicyclic) bond motifs is 1. The molecule has 3 rings (SSSR count). The molecule has 1 N–H and O–H groups in total. The average molecular weight is 319 g/mol. The Labute approximate surface area is 135 Å². The SMILES string of the molecule is CCSc1ccc(-c2nc3c(s2)CCCC3CNC)cc1. The lowest BCUT2D eigenvalue weighted by Gasteiger charge is -2.20. The standard InChI is InChI=1S/C17H22N2S2/c1-3-20-14-9-7-12(8-10-14)17-19-16-13(11-18-2)5-4-6-15(16)21-17/h7-10,13,18H,3-6,11H2,1-2H3. The molecule has 1 heterocycles. The smallest absolute Gasteiger partial charge is 0.123 e. The van der Waals surface area contributed by atoms with E-state index in [2.05, 4.69) is 36.5 Å². The predicted molar refractivity (Wildman–Crippen MR) is 93.6 cm³/mol. The van der Waals surface area contributed by atoms with E-state index >= 15 is 0 Å². The Morgan fingerprint density at radius 2 is 2.14 bits per heavy atom. The lowest BCUT2D eigenvalue weighted by molar-refractivity contribution is 0.523. The number of hydrogen-bond acceptors (Lipinski definition) is 4. The van der Waals surface area contributed by atoms with Crippen molar-refractivity contribution in [3.63, 3.8) is 0 Å². The van der Waals surface area contributed by atoms with Gasteiger partial charge >= 0.3 is 0 Å². The molecule has 0 amide bonds. The van der Waals surface area contributed by atoms with E-state index in [4.69, 9.17) is 4.98 Å². The molecule has 1 aromatic carbocycles. The average Bonchev–Trinajstić information content (AvgIpc) is 2.94. The van der Waals surface area contributed by atoms with E-state index < -0.39 is 0 Å². The van der Waals surface area contributed by atoms with Crippen molar-refractivity contribution >= 4 is 23.1 Å². The van der Waals surface area contributed by atoms with Crippen LogP contribution in [0.25, 0.3) is 10.6 Å². The van der Waals surface area contributed by atoms with Crippen molar-refractivity contribution in [3.8, 4) is 10.6 Å². The number of benzene rings is 1. The second-order valence-corrected chi connectivity index (χ2v) is 7.85. The number of thiazole rings is 1. The minimum Gasteiger partial charge on any atom is -0.319 e. The first-order valence-corrected chi connectivity index (χ1v) is 9.49. The van der Waals surface area contributed by atoms with Gasteiger partial charge < -0.3 is 5.32 Å². The van der Waals surface area contributed by atoms with Gasteiger partial charge in [0.1, 0.15) is 5.01 Å². The van der Waals surface area contributed by atoms with Crippen molar-refractivity contribution in [1.29, 1.82) is 0 Å². The first-order chi connectivity index (χ1) is 10.3. The summed E-state index contributed by atoms with van der Waals surface area (Å²) in [6, 6.07) is 8.87. The van der Waals surface area contributed by atoms with Crippen molar-refractivity contribution < 1.29 is 0 Å². The van der Waals surface area contributed by atoms with Crippen molar-refractivity contribution in [1.82, 2.24) is 10.3 Å². The van der Waals surface area contributed by atoms with E-state index in [1.165, 1.54) is 45.3 Å². The van der Waals surface area contributed by atoms with Gasteiger partial charge in [-0.2, -0.15) is 0 Å². The summed E-state index contributed by atoms with van der Waals surface area (Å²) in [4.78, 5) is 7.81. The second-order valence-electron chi connectivity index (χ2n) is 5.43. The zero-order valence-corrected chi connectivity index (χ0v) is 14.3. The van der Waals surface area contributed by atoms with Gasteiger partial charge in [-0.1, -0.05) is 19.1 Å². The Kier molecular flexibility index (Phi) is 4.99. The first kappa shape index (κ1) is 15.1. The molecule has 1 aromatic heterocycles. The van der Waals surface area contributed by atoms with Gasteiger partial charge in [0.15, 0.2) is 0 Å². The number of nitrogens with zero attached hydrogens (tertiary/aromatic N) is 1. The minimum atomic E-state index is 0.596. The van der Waals surface area contributed by atoms with E-state index in [0.717, 1.165) is 12.3 Å². The van der Waals surface area contributed by atoms with Crippen molar-refractivity contribution in [2.75, 3.05) is 19.3 Å². The van der Waals surface area contributed by atoms with Gasteiger partial charge in [-0.05, 0) is 44.2 Å². The van der Waals surface area contributed by atoms with Crippen molar-refractivity contribution in [2.45, 2.75) is 37.0 Å². The number of likely N-dealkylation sites (N-methyl/N-ethyl adjacent to an activating group) is 1. The summed E-state index contributed by atoms with van der Waals surface area (Å²) in [6.45, 7) is 3.23. The lowest BCUT2D eigenvalue weighted by Crippen LogP contribution is -2.20. The normalized spacial score (nSPS) is 17.7. The number of aryl methyl sites for hydroxylation is 1. The molecule has 112 valence electrons. The molecule has 4 heteroatoms. The van der Waals surface area contributed by atoms with E-state index in [9.17, 15) is 0 Å². The van der Waals surface area contributed by atoms with E-state index in [0.29, 0.717) is 5.92 Å². The van der Waals surface area contributed by atoms with Crippen LogP contribution in [0.2, 0.25) is 0 Å². The molecular formula is C17H22N2S2. The number of rotatable bonds is 5. The van der Waals surface area contributed by atoms with Gasteiger partial charge in [0.2, 0.25) is 0 Å². The molecule has 1 unspecified atom stereocenters. The fraction of sp³-hybridized carbons (Fsp3) is 0.471. The van der Waals surface area contributed by atoms with Gasteiger partial charge in [0.25, 0.3) is 0 Å². The third kappa shape index (κ3) is 3.33. The maximum Gasteiger partial charge on any atom is 0.123 e. The van der Waals surface area contributed by atoms with Crippen LogP contribution in [0.15, 0.2) is 29.2 Å². The maximum atomic E-state index is 4.97. The highest BCUT2D eigenvalue weighted by Gasteiger charge is 2.24. The summed E-state index contributed by atoms with van der Waals surface area (Å²) in [5.74, 6) is 1.72. The molecule has 0 saturated heterocycles. The van der Waals surface area contributed by atoms with Crippen molar-refractivity contribution in [3.05, 3.63) is 34.8 Å². The van der Waals surface area contributed by atoms with Gasteiger partial charge in [-0.25, -0.2) is 4.98 Å². The second kappa shape index (κ2) is 6.95. The largest absolute Gasteiger partial charge is 0.319 e. The molecule has 21 heavy (non-hydrogen) atoms. The fourth-order valence-corrected chi connectivity index (χ4v) is 4.79. The highest BCUT2D eigenvalue weighted by atomic mass is 32.2. The predicted octanol–water partition coefficient (Wildman–Crippen LogP) is 4.56. The summed E-state index contributed by atoms with van der Waals surface area (Å²) in [6.07, 6.45) is 3.77. The van der Waals surface area contributed by atoms with Crippen LogP contribution in [0.4, 0.5) is 0 Å². The fourth-order valence-electron chi connectivity index (χ4n) is 2.94. The van der Waals surface area contributed by atoms with Gasteiger partial charge in [0, 0.05) is 27.8 Å². The first-order valence-electron chi connectivity index (χ1n) is 7.69.